The van der Waals surface area contributed by atoms with Gasteiger partial charge in [-0.2, -0.15) is 5.10 Å². The van der Waals surface area contributed by atoms with Crippen LogP contribution in [0, 0.1) is 6.92 Å². The maximum Gasteiger partial charge on any atom is 0.311 e. The van der Waals surface area contributed by atoms with Crippen molar-refractivity contribution in [1.82, 2.24) is 9.78 Å². The van der Waals surface area contributed by atoms with Crippen LogP contribution < -0.4 is 5.32 Å². The predicted molar refractivity (Wildman–Crippen MR) is 108 cm³/mol. The number of esters is 1. The molecular weight excluding hydrogens is 378 g/mol. The van der Waals surface area contributed by atoms with Gasteiger partial charge in [0.1, 0.15) is 0 Å². The Morgan fingerprint density at radius 3 is 2.71 bits per heavy atom. The van der Waals surface area contributed by atoms with E-state index >= 15 is 0 Å². The zero-order chi connectivity index (χ0) is 20.1. The first-order valence-corrected chi connectivity index (χ1v) is 9.15. The molecule has 1 heterocycles. The number of nitrogens with one attached hydrogen (secondary N) is 1. The van der Waals surface area contributed by atoms with E-state index in [0.29, 0.717) is 16.3 Å². The van der Waals surface area contributed by atoms with Gasteiger partial charge in [0, 0.05) is 22.5 Å². The third-order valence-corrected chi connectivity index (χ3v) is 4.38. The number of aryl methyl sites for hydroxylation is 1. The lowest BCUT2D eigenvalue weighted by Gasteiger charge is -2.14. The van der Waals surface area contributed by atoms with Gasteiger partial charge in [0.05, 0.1) is 18.3 Å². The minimum absolute atomic E-state index is 0.0284. The zero-order valence-corrected chi connectivity index (χ0v) is 16.3. The number of carbonyl (C=O) groups excluding carboxylic acids is 2. The number of ether oxygens (including phenoxy) is 1. The molecule has 3 aromatic rings. The Bertz CT molecular complexity index is 986. The first-order valence-electron chi connectivity index (χ1n) is 8.78. The summed E-state index contributed by atoms with van der Waals surface area (Å²) in [6.07, 6.45) is 2.46. The monoisotopic (exact) mass is 397 g/mol. The molecule has 0 saturated carbocycles. The highest BCUT2D eigenvalue weighted by atomic mass is 35.5. The second-order valence-corrected chi connectivity index (χ2v) is 6.82. The molecule has 0 spiro atoms. The van der Waals surface area contributed by atoms with Crippen LogP contribution in [-0.4, -0.2) is 27.8 Å². The number of anilines is 1. The highest BCUT2D eigenvalue weighted by Gasteiger charge is 2.19. The standard InChI is InChI=1S/C21H20ClN3O3/c1-14-8-9-17(22)11-19(14)24-21(27)15(2)28-20(26)10-16-12-23-25(13-16)18-6-4-3-5-7-18/h3-9,11-13,15H,10H2,1-2H3,(H,24,27). The third kappa shape index (κ3) is 4.98. The van der Waals surface area contributed by atoms with Gasteiger partial charge in [0.2, 0.25) is 0 Å². The molecule has 3 rings (SSSR count). The Hall–Kier alpha value is -3.12. The van der Waals surface area contributed by atoms with Gasteiger partial charge >= 0.3 is 5.97 Å². The first kappa shape index (κ1) is 19.6. The van der Waals surface area contributed by atoms with Crippen molar-refractivity contribution in [1.29, 1.82) is 0 Å². The second kappa shape index (κ2) is 8.71. The Kier molecular flexibility index (Phi) is 6.11. The highest BCUT2D eigenvalue weighted by molar-refractivity contribution is 6.31. The van der Waals surface area contributed by atoms with Crippen LogP contribution in [0.3, 0.4) is 0 Å². The summed E-state index contributed by atoms with van der Waals surface area (Å²) in [5.41, 5.74) is 3.05. The van der Waals surface area contributed by atoms with Crippen LogP contribution in [0.15, 0.2) is 60.9 Å². The molecule has 28 heavy (non-hydrogen) atoms. The Morgan fingerprint density at radius 2 is 1.96 bits per heavy atom. The van der Waals surface area contributed by atoms with Crippen molar-refractivity contribution in [2.24, 2.45) is 0 Å². The number of para-hydroxylation sites is 1. The van der Waals surface area contributed by atoms with Crippen LogP contribution in [0.4, 0.5) is 5.69 Å². The Balaban J connectivity index is 1.56. The van der Waals surface area contributed by atoms with Crippen molar-refractivity contribution < 1.29 is 14.3 Å². The lowest BCUT2D eigenvalue weighted by molar-refractivity contribution is -0.152. The predicted octanol–water partition coefficient (Wildman–Crippen LogP) is 3.95. The van der Waals surface area contributed by atoms with E-state index in [0.717, 1.165) is 11.3 Å². The number of hydrogen-bond donors (Lipinski definition) is 1. The van der Waals surface area contributed by atoms with Crippen LogP contribution in [0.1, 0.15) is 18.1 Å². The minimum atomic E-state index is -0.935. The van der Waals surface area contributed by atoms with Crippen molar-refractivity contribution in [2.75, 3.05) is 5.32 Å². The average Bonchev–Trinajstić information content (AvgIpc) is 3.13. The lowest BCUT2D eigenvalue weighted by Crippen LogP contribution is -2.30. The topological polar surface area (TPSA) is 73.2 Å². The fourth-order valence-electron chi connectivity index (χ4n) is 2.60. The fourth-order valence-corrected chi connectivity index (χ4v) is 2.77. The molecule has 0 radical (unpaired) electrons. The first-order chi connectivity index (χ1) is 13.4. The molecule has 0 aliphatic rings. The van der Waals surface area contributed by atoms with Crippen LogP contribution in [0.2, 0.25) is 5.02 Å². The molecule has 0 fully saturated rings. The van der Waals surface area contributed by atoms with E-state index < -0.39 is 18.0 Å². The number of carbonyl (C=O) groups is 2. The smallest absolute Gasteiger partial charge is 0.311 e. The maximum atomic E-state index is 12.3. The van der Waals surface area contributed by atoms with Crippen molar-refractivity contribution in [3.63, 3.8) is 0 Å². The van der Waals surface area contributed by atoms with E-state index in [2.05, 4.69) is 10.4 Å². The number of rotatable bonds is 6. The van der Waals surface area contributed by atoms with E-state index in [9.17, 15) is 9.59 Å². The van der Waals surface area contributed by atoms with Crippen LogP contribution in [0.5, 0.6) is 0 Å². The number of nitrogens with zero attached hydrogens (tertiary/aromatic N) is 2. The normalized spacial score (nSPS) is 11.7. The third-order valence-electron chi connectivity index (χ3n) is 4.14. The Morgan fingerprint density at radius 1 is 1.21 bits per heavy atom. The van der Waals surface area contributed by atoms with Crippen LogP contribution in [0.25, 0.3) is 5.69 Å². The number of halogens is 1. The van der Waals surface area contributed by atoms with Gasteiger partial charge in [-0.25, -0.2) is 4.68 Å². The van der Waals surface area contributed by atoms with Gasteiger partial charge in [-0.3, -0.25) is 9.59 Å². The van der Waals surface area contributed by atoms with Crippen molar-refractivity contribution >= 4 is 29.2 Å². The molecule has 0 saturated heterocycles. The Labute approximate surface area is 168 Å². The fraction of sp³-hybridized carbons (Fsp3) is 0.190. The lowest BCUT2D eigenvalue weighted by atomic mass is 10.2. The van der Waals surface area contributed by atoms with Crippen molar-refractivity contribution in [2.45, 2.75) is 26.4 Å². The summed E-state index contributed by atoms with van der Waals surface area (Å²) in [6, 6.07) is 14.8. The quantitative estimate of drug-likeness (QED) is 0.639. The summed E-state index contributed by atoms with van der Waals surface area (Å²) in [4.78, 5) is 24.5. The molecule has 0 aliphatic heterocycles. The largest absolute Gasteiger partial charge is 0.452 e. The average molecular weight is 398 g/mol. The molecule has 1 aromatic heterocycles. The second-order valence-electron chi connectivity index (χ2n) is 6.39. The molecule has 2 aromatic carbocycles. The van der Waals surface area contributed by atoms with Crippen LogP contribution >= 0.6 is 11.6 Å². The minimum Gasteiger partial charge on any atom is -0.452 e. The van der Waals surface area contributed by atoms with Crippen molar-refractivity contribution in [3.8, 4) is 5.69 Å². The van der Waals surface area contributed by atoms with Gasteiger partial charge in [-0.15, -0.1) is 0 Å². The molecular formula is C21H20ClN3O3. The molecule has 1 N–H and O–H groups in total. The highest BCUT2D eigenvalue weighted by Crippen LogP contribution is 2.20. The number of benzene rings is 2. The molecule has 6 nitrogen and oxygen atoms in total. The summed E-state index contributed by atoms with van der Waals surface area (Å²) in [5, 5.41) is 7.49. The zero-order valence-electron chi connectivity index (χ0n) is 15.6. The summed E-state index contributed by atoms with van der Waals surface area (Å²) >= 11 is 5.96. The summed E-state index contributed by atoms with van der Waals surface area (Å²) in [5.74, 6) is -0.920. The number of amides is 1. The summed E-state index contributed by atoms with van der Waals surface area (Å²) in [6.45, 7) is 3.38. The molecule has 7 heteroatoms. The summed E-state index contributed by atoms with van der Waals surface area (Å²) < 4.78 is 6.93. The van der Waals surface area contributed by atoms with Crippen molar-refractivity contribution in [3.05, 3.63) is 77.1 Å². The molecule has 144 valence electrons. The van der Waals surface area contributed by atoms with Gasteiger partial charge in [-0.05, 0) is 43.7 Å². The van der Waals surface area contributed by atoms with E-state index in [-0.39, 0.29) is 6.42 Å². The van der Waals surface area contributed by atoms with Gasteiger partial charge < -0.3 is 10.1 Å². The maximum absolute atomic E-state index is 12.3. The number of hydrogen-bond acceptors (Lipinski definition) is 4. The SMILES string of the molecule is Cc1ccc(Cl)cc1NC(=O)C(C)OC(=O)Cc1cnn(-c2ccccc2)c1. The summed E-state index contributed by atoms with van der Waals surface area (Å²) in [7, 11) is 0. The van der Waals surface area contributed by atoms with E-state index in [4.69, 9.17) is 16.3 Å². The molecule has 1 unspecified atom stereocenters. The molecule has 1 amide bonds. The molecule has 0 bridgehead atoms. The van der Waals surface area contributed by atoms with E-state index in [1.165, 1.54) is 6.92 Å². The van der Waals surface area contributed by atoms with Crippen LogP contribution in [-0.2, 0) is 20.7 Å². The van der Waals surface area contributed by atoms with Gasteiger partial charge in [0.25, 0.3) is 5.91 Å². The molecule has 0 aliphatic carbocycles. The van der Waals surface area contributed by atoms with E-state index in [1.807, 2.05) is 37.3 Å². The molecule has 1 atom stereocenters. The van der Waals surface area contributed by atoms with Gasteiger partial charge in [0.15, 0.2) is 6.10 Å². The number of aromatic nitrogens is 2. The van der Waals surface area contributed by atoms with E-state index in [1.54, 1.807) is 35.3 Å². The van der Waals surface area contributed by atoms with Gasteiger partial charge in [-0.1, -0.05) is 35.9 Å².